The molecule has 0 aromatic heterocycles. The largest absolute Gasteiger partial charge is 0.411 e. The van der Waals surface area contributed by atoms with Gasteiger partial charge in [-0.05, 0) is 30.5 Å². The first-order valence-corrected chi connectivity index (χ1v) is 6.18. The van der Waals surface area contributed by atoms with Crippen LogP contribution in [0.5, 0.6) is 0 Å². The molecule has 0 aliphatic heterocycles. The maximum atomic E-state index is 12.2. The predicted octanol–water partition coefficient (Wildman–Crippen LogP) is 2.57. The minimum Gasteiger partial charge on any atom is -0.411 e. The Bertz CT molecular complexity index is 608. The SMILES string of the molecule is CC(=O)Nc1cc(Cl)c(C)c2c1C(=O)C(=NO)CC2. The van der Waals surface area contributed by atoms with Crippen LogP contribution in [0.25, 0.3) is 0 Å². The van der Waals surface area contributed by atoms with Gasteiger partial charge in [-0.1, -0.05) is 16.8 Å². The van der Waals surface area contributed by atoms with Gasteiger partial charge in [-0.3, -0.25) is 9.59 Å². The van der Waals surface area contributed by atoms with E-state index in [0.29, 0.717) is 29.1 Å². The Morgan fingerprint density at radius 2 is 2.16 bits per heavy atom. The minimum absolute atomic E-state index is 0.0980. The lowest BCUT2D eigenvalue weighted by Crippen LogP contribution is -2.26. The topological polar surface area (TPSA) is 78.8 Å². The molecule has 5 nitrogen and oxygen atoms in total. The number of hydrogen-bond acceptors (Lipinski definition) is 4. The number of amides is 1. The van der Waals surface area contributed by atoms with Crippen LogP contribution in [-0.4, -0.2) is 22.6 Å². The second-order valence-corrected chi connectivity index (χ2v) is 4.85. The van der Waals surface area contributed by atoms with Crippen LogP contribution in [0.4, 0.5) is 5.69 Å². The normalized spacial score (nSPS) is 16.4. The summed E-state index contributed by atoms with van der Waals surface area (Å²) >= 11 is 6.11. The van der Waals surface area contributed by atoms with E-state index < -0.39 is 0 Å². The van der Waals surface area contributed by atoms with E-state index in [-0.39, 0.29) is 17.4 Å². The molecule has 0 unspecified atom stereocenters. The summed E-state index contributed by atoms with van der Waals surface area (Å²) in [7, 11) is 0. The lowest BCUT2D eigenvalue weighted by atomic mass is 9.85. The van der Waals surface area contributed by atoms with Crippen LogP contribution in [0.15, 0.2) is 11.2 Å². The van der Waals surface area contributed by atoms with Gasteiger partial charge in [-0.15, -0.1) is 0 Å². The molecule has 0 saturated carbocycles. The third-order valence-electron chi connectivity index (χ3n) is 3.19. The molecule has 0 bridgehead atoms. The Morgan fingerprint density at radius 3 is 2.74 bits per heavy atom. The number of ketones is 1. The van der Waals surface area contributed by atoms with E-state index in [1.807, 2.05) is 6.92 Å². The lowest BCUT2D eigenvalue weighted by molar-refractivity contribution is -0.114. The zero-order valence-corrected chi connectivity index (χ0v) is 11.3. The highest BCUT2D eigenvalue weighted by atomic mass is 35.5. The number of Topliss-reactive ketones (excluding diaryl/α,β-unsaturated/α-hetero) is 1. The van der Waals surface area contributed by atoms with E-state index in [4.69, 9.17) is 16.8 Å². The third kappa shape index (κ3) is 2.33. The smallest absolute Gasteiger partial charge is 0.221 e. The first-order valence-electron chi connectivity index (χ1n) is 5.81. The summed E-state index contributed by atoms with van der Waals surface area (Å²) in [6.45, 7) is 3.18. The molecule has 1 aliphatic rings. The summed E-state index contributed by atoms with van der Waals surface area (Å²) < 4.78 is 0. The molecule has 6 heteroatoms. The Balaban J connectivity index is 2.67. The van der Waals surface area contributed by atoms with Gasteiger partial charge in [0.05, 0.1) is 11.3 Å². The minimum atomic E-state index is -0.368. The average Bonchev–Trinajstić information content (AvgIpc) is 2.34. The second kappa shape index (κ2) is 5.01. The van der Waals surface area contributed by atoms with Crippen molar-refractivity contribution in [1.82, 2.24) is 0 Å². The molecular weight excluding hydrogens is 268 g/mol. The van der Waals surface area contributed by atoms with Crippen LogP contribution in [0, 0.1) is 6.92 Å². The summed E-state index contributed by atoms with van der Waals surface area (Å²) in [5, 5.41) is 15.0. The average molecular weight is 281 g/mol. The standard InChI is InChI=1S/C13H13ClN2O3/c1-6-8-3-4-10(16-19)13(18)12(8)11(5-9(6)14)15-7(2)17/h5,19H,3-4H2,1-2H3,(H,15,17). The molecule has 1 aromatic rings. The summed E-state index contributed by atoms with van der Waals surface area (Å²) in [5.41, 5.74) is 2.45. The van der Waals surface area contributed by atoms with Gasteiger partial charge >= 0.3 is 0 Å². The first-order chi connectivity index (χ1) is 8.95. The summed E-state index contributed by atoms with van der Waals surface area (Å²) in [5.74, 6) is -0.657. The van der Waals surface area contributed by atoms with Gasteiger partial charge in [0.2, 0.25) is 11.7 Å². The van der Waals surface area contributed by atoms with Crippen LogP contribution in [-0.2, 0) is 11.2 Å². The van der Waals surface area contributed by atoms with Crippen molar-refractivity contribution in [1.29, 1.82) is 0 Å². The molecule has 1 aliphatic carbocycles. The molecule has 100 valence electrons. The van der Waals surface area contributed by atoms with Gasteiger partial charge in [0.25, 0.3) is 0 Å². The molecule has 2 rings (SSSR count). The number of hydrogen-bond donors (Lipinski definition) is 2. The van der Waals surface area contributed by atoms with Crippen molar-refractivity contribution in [2.24, 2.45) is 5.16 Å². The Morgan fingerprint density at radius 1 is 1.47 bits per heavy atom. The van der Waals surface area contributed by atoms with Crippen molar-refractivity contribution < 1.29 is 14.8 Å². The van der Waals surface area contributed by atoms with E-state index >= 15 is 0 Å². The monoisotopic (exact) mass is 280 g/mol. The summed E-state index contributed by atoms with van der Waals surface area (Å²) in [6, 6.07) is 1.55. The zero-order valence-electron chi connectivity index (χ0n) is 10.6. The fourth-order valence-electron chi connectivity index (χ4n) is 2.26. The van der Waals surface area contributed by atoms with Crippen LogP contribution < -0.4 is 5.32 Å². The zero-order chi connectivity index (χ0) is 14.2. The molecule has 0 atom stereocenters. The molecule has 0 saturated heterocycles. The number of benzene rings is 1. The van der Waals surface area contributed by atoms with E-state index in [9.17, 15) is 9.59 Å². The van der Waals surface area contributed by atoms with Crippen molar-refractivity contribution in [2.75, 3.05) is 5.32 Å². The molecule has 1 aromatic carbocycles. The molecule has 0 fully saturated rings. The number of nitrogens with zero attached hydrogens (tertiary/aromatic N) is 1. The lowest BCUT2D eigenvalue weighted by Gasteiger charge is -2.22. The quantitative estimate of drug-likeness (QED) is 0.613. The highest BCUT2D eigenvalue weighted by Crippen LogP contribution is 2.34. The molecule has 2 N–H and O–H groups in total. The highest BCUT2D eigenvalue weighted by molar-refractivity contribution is 6.48. The Hall–Kier alpha value is -1.88. The molecule has 0 heterocycles. The van der Waals surface area contributed by atoms with E-state index in [1.54, 1.807) is 6.07 Å². The predicted molar refractivity (Wildman–Crippen MR) is 72.4 cm³/mol. The van der Waals surface area contributed by atoms with Crippen LogP contribution >= 0.6 is 11.6 Å². The van der Waals surface area contributed by atoms with Gasteiger partial charge in [0.15, 0.2) is 0 Å². The molecule has 0 spiro atoms. The number of carbonyl (C=O) groups excluding carboxylic acids is 2. The number of halogens is 1. The maximum Gasteiger partial charge on any atom is 0.221 e. The van der Waals surface area contributed by atoms with Crippen molar-refractivity contribution in [3.63, 3.8) is 0 Å². The molecule has 1 amide bonds. The molecular formula is C13H13ClN2O3. The number of oxime groups is 1. The van der Waals surface area contributed by atoms with E-state index in [2.05, 4.69) is 10.5 Å². The Labute approximate surface area is 115 Å². The van der Waals surface area contributed by atoms with E-state index in [1.165, 1.54) is 6.92 Å². The Kier molecular flexibility index (Phi) is 3.57. The van der Waals surface area contributed by atoms with Crippen LogP contribution in [0.2, 0.25) is 5.02 Å². The number of anilines is 1. The van der Waals surface area contributed by atoms with Gasteiger partial charge in [-0.25, -0.2) is 0 Å². The van der Waals surface area contributed by atoms with Crippen LogP contribution in [0.3, 0.4) is 0 Å². The van der Waals surface area contributed by atoms with Crippen molar-refractivity contribution in [2.45, 2.75) is 26.7 Å². The van der Waals surface area contributed by atoms with Crippen LogP contribution in [0.1, 0.15) is 34.8 Å². The number of rotatable bonds is 1. The van der Waals surface area contributed by atoms with E-state index in [0.717, 1.165) is 11.1 Å². The number of carbonyl (C=O) groups is 2. The molecule has 0 radical (unpaired) electrons. The van der Waals surface area contributed by atoms with Crippen molar-refractivity contribution in [3.8, 4) is 0 Å². The fraction of sp³-hybridized carbons (Fsp3) is 0.308. The van der Waals surface area contributed by atoms with Gasteiger partial charge < -0.3 is 10.5 Å². The summed E-state index contributed by atoms with van der Waals surface area (Å²) in [4.78, 5) is 23.4. The second-order valence-electron chi connectivity index (χ2n) is 4.44. The van der Waals surface area contributed by atoms with Crippen molar-refractivity contribution >= 4 is 34.7 Å². The van der Waals surface area contributed by atoms with Gasteiger partial charge in [-0.2, -0.15) is 0 Å². The third-order valence-corrected chi connectivity index (χ3v) is 3.58. The summed E-state index contributed by atoms with van der Waals surface area (Å²) in [6.07, 6.45) is 0.919. The van der Waals surface area contributed by atoms with Crippen molar-refractivity contribution in [3.05, 3.63) is 27.8 Å². The van der Waals surface area contributed by atoms with Gasteiger partial charge in [0, 0.05) is 18.4 Å². The first kappa shape index (κ1) is 13.5. The molecule has 19 heavy (non-hydrogen) atoms. The highest BCUT2D eigenvalue weighted by Gasteiger charge is 2.29. The fourth-order valence-corrected chi connectivity index (χ4v) is 2.48. The maximum absolute atomic E-state index is 12.2. The number of nitrogens with one attached hydrogen (secondary N) is 1. The van der Waals surface area contributed by atoms with Gasteiger partial charge in [0.1, 0.15) is 5.71 Å². The number of fused-ring (bicyclic) bond motifs is 1.